The second kappa shape index (κ2) is 6.04. The van der Waals surface area contributed by atoms with E-state index in [-0.39, 0.29) is 0 Å². The van der Waals surface area contributed by atoms with Gasteiger partial charge in [0.2, 0.25) is 0 Å². The molecule has 0 saturated carbocycles. The summed E-state index contributed by atoms with van der Waals surface area (Å²) in [5, 5.41) is 0.751. The molecule has 94 valence electrons. The van der Waals surface area contributed by atoms with Crippen molar-refractivity contribution in [1.82, 2.24) is 9.97 Å². The van der Waals surface area contributed by atoms with Crippen LogP contribution in [0.4, 0.5) is 0 Å². The fourth-order valence-corrected chi connectivity index (χ4v) is 2.20. The Bertz CT molecular complexity index is 555. The van der Waals surface area contributed by atoms with Gasteiger partial charge in [-0.3, -0.25) is 0 Å². The minimum atomic E-state index is 0.375. The summed E-state index contributed by atoms with van der Waals surface area (Å²) < 4.78 is 5.95. The molecule has 0 saturated heterocycles. The first-order valence-corrected chi connectivity index (χ1v) is 6.94. The maximum Gasteiger partial charge on any atom is 0.147 e. The lowest BCUT2D eigenvalue weighted by atomic mass is 10.1. The SMILES string of the molecule is COc1ccccc1Cc1nc(Cl)c(I)c(Cl)n1. The maximum absolute atomic E-state index is 5.98. The number of benzene rings is 1. The van der Waals surface area contributed by atoms with Gasteiger partial charge < -0.3 is 4.74 Å². The topological polar surface area (TPSA) is 35.0 Å². The Hall–Kier alpha value is -0.590. The Labute approximate surface area is 129 Å². The average Bonchev–Trinajstić information content (AvgIpc) is 2.36. The number of para-hydroxylation sites is 1. The van der Waals surface area contributed by atoms with Crippen molar-refractivity contribution < 1.29 is 4.74 Å². The fourth-order valence-electron chi connectivity index (χ4n) is 1.53. The molecule has 1 aromatic heterocycles. The van der Waals surface area contributed by atoms with E-state index in [2.05, 4.69) is 9.97 Å². The minimum Gasteiger partial charge on any atom is -0.496 e. The summed E-state index contributed by atoms with van der Waals surface area (Å²) in [6, 6.07) is 7.71. The molecular weight excluding hydrogens is 386 g/mol. The van der Waals surface area contributed by atoms with Gasteiger partial charge in [0.1, 0.15) is 21.9 Å². The molecule has 0 radical (unpaired) electrons. The zero-order chi connectivity index (χ0) is 13.1. The van der Waals surface area contributed by atoms with E-state index in [0.717, 1.165) is 11.3 Å². The molecule has 0 bridgehead atoms. The van der Waals surface area contributed by atoms with Gasteiger partial charge in [0.15, 0.2) is 0 Å². The second-order valence-corrected chi connectivity index (χ2v) is 5.32. The molecule has 0 atom stereocenters. The number of methoxy groups -OCH3 is 1. The van der Waals surface area contributed by atoms with Crippen LogP contribution in [0.25, 0.3) is 0 Å². The van der Waals surface area contributed by atoms with Gasteiger partial charge in [-0.05, 0) is 28.7 Å². The van der Waals surface area contributed by atoms with Crippen molar-refractivity contribution in [2.45, 2.75) is 6.42 Å². The van der Waals surface area contributed by atoms with Gasteiger partial charge >= 0.3 is 0 Å². The van der Waals surface area contributed by atoms with E-state index in [1.165, 1.54) is 0 Å². The number of hydrogen-bond acceptors (Lipinski definition) is 3. The summed E-state index contributed by atoms with van der Waals surface area (Å²) in [5.41, 5.74) is 0.994. The predicted octanol–water partition coefficient (Wildman–Crippen LogP) is 3.99. The molecular formula is C12H9Cl2IN2O. The Morgan fingerprint density at radius 1 is 1.17 bits per heavy atom. The highest BCUT2D eigenvalue weighted by atomic mass is 127. The Balaban J connectivity index is 2.34. The maximum atomic E-state index is 5.98. The number of hydrogen-bond donors (Lipinski definition) is 0. The smallest absolute Gasteiger partial charge is 0.147 e. The van der Waals surface area contributed by atoms with E-state index in [9.17, 15) is 0 Å². The molecule has 1 aromatic carbocycles. The summed E-state index contributed by atoms with van der Waals surface area (Å²) in [7, 11) is 1.63. The van der Waals surface area contributed by atoms with Crippen LogP contribution in [0.1, 0.15) is 11.4 Å². The summed E-state index contributed by atoms with van der Waals surface area (Å²) in [6.07, 6.45) is 0.528. The van der Waals surface area contributed by atoms with E-state index in [4.69, 9.17) is 27.9 Å². The lowest BCUT2D eigenvalue weighted by Gasteiger charge is -2.08. The first-order valence-electron chi connectivity index (χ1n) is 5.11. The zero-order valence-electron chi connectivity index (χ0n) is 9.45. The highest BCUT2D eigenvalue weighted by molar-refractivity contribution is 14.1. The summed E-state index contributed by atoms with van der Waals surface area (Å²) >= 11 is 14.0. The normalized spacial score (nSPS) is 10.4. The van der Waals surface area contributed by atoms with Gasteiger partial charge in [-0.2, -0.15) is 0 Å². The first kappa shape index (κ1) is 13.8. The minimum absolute atomic E-state index is 0.375. The standard InChI is InChI=1S/C12H9Cl2IN2O/c1-18-8-5-3-2-4-7(8)6-9-16-11(13)10(15)12(14)17-9/h2-5H,6H2,1H3. The molecule has 0 amide bonds. The summed E-state index contributed by atoms with van der Waals surface area (Å²) in [4.78, 5) is 8.42. The lowest BCUT2D eigenvalue weighted by molar-refractivity contribution is 0.410. The molecule has 6 heteroatoms. The molecule has 0 N–H and O–H groups in total. The second-order valence-electron chi connectivity index (χ2n) is 3.52. The summed E-state index contributed by atoms with van der Waals surface area (Å²) in [5.74, 6) is 1.38. The van der Waals surface area contributed by atoms with Crippen molar-refractivity contribution in [2.75, 3.05) is 7.11 Å². The lowest BCUT2D eigenvalue weighted by Crippen LogP contribution is -2.01. The van der Waals surface area contributed by atoms with Crippen LogP contribution < -0.4 is 4.74 Å². The van der Waals surface area contributed by atoms with Gasteiger partial charge in [0, 0.05) is 12.0 Å². The van der Waals surface area contributed by atoms with E-state index < -0.39 is 0 Å². The van der Waals surface area contributed by atoms with Crippen LogP contribution in [0, 0.1) is 3.57 Å². The largest absolute Gasteiger partial charge is 0.496 e. The monoisotopic (exact) mass is 394 g/mol. The van der Waals surface area contributed by atoms with Crippen molar-refractivity contribution in [2.24, 2.45) is 0 Å². The van der Waals surface area contributed by atoms with E-state index in [0.29, 0.717) is 26.1 Å². The predicted molar refractivity (Wildman–Crippen MR) is 80.6 cm³/mol. The zero-order valence-corrected chi connectivity index (χ0v) is 13.1. The molecule has 0 aliphatic carbocycles. The van der Waals surface area contributed by atoms with Gasteiger partial charge in [0.05, 0.1) is 10.7 Å². The van der Waals surface area contributed by atoms with Crippen LogP contribution >= 0.6 is 45.8 Å². The molecule has 1 heterocycles. The van der Waals surface area contributed by atoms with Crippen LogP contribution in [0.5, 0.6) is 5.75 Å². The van der Waals surface area contributed by atoms with Gasteiger partial charge in [-0.1, -0.05) is 41.4 Å². The van der Waals surface area contributed by atoms with Crippen LogP contribution in [-0.2, 0) is 6.42 Å². The van der Waals surface area contributed by atoms with Crippen molar-refractivity contribution in [1.29, 1.82) is 0 Å². The van der Waals surface area contributed by atoms with Crippen LogP contribution in [0.2, 0.25) is 10.3 Å². The molecule has 0 fully saturated rings. The van der Waals surface area contributed by atoms with Crippen LogP contribution in [-0.4, -0.2) is 17.1 Å². The molecule has 18 heavy (non-hydrogen) atoms. The molecule has 0 unspecified atom stereocenters. The van der Waals surface area contributed by atoms with Crippen molar-refractivity contribution in [3.8, 4) is 5.75 Å². The Morgan fingerprint density at radius 2 is 1.78 bits per heavy atom. The molecule has 0 aliphatic heterocycles. The average molecular weight is 395 g/mol. The number of nitrogens with zero attached hydrogens (tertiary/aromatic N) is 2. The number of aromatic nitrogens is 2. The number of rotatable bonds is 3. The number of halogens is 3. The van der Waals surface area contributed by atoms with Crippen LogP contribution in [0.15, 0.2) is 24.3 Å². The first-order chi connectivity index (χ1) is 8.61. The Morgan fingerprint density at radius 3 is 2.39 bits per heavy atom. The Kier molecular flexibility index (Phi) is 4.64. The van der Waals surface area contributed by atoms with Crippen molar-refractivity contribution >= 4 is 45.8 Å². The summed E-state index contributed by atoms with van der Waals surface area (Å²) in [6.45, 7) is 0. The van der Waals surface area contributed by atoms with Crippen molar-refractivity contribution in [3.05, 3.63) is 49.5 Å². The van der Waals surface area contributed by atoms with Crippen molar-refractivity contribution in [3.63, 3.8) is 0 Å². The highest BCUT2D eigenvalue weighted by Gasteiger charge is 2.11. The van der Waals surface area contributed by atoms with Gasteiger partial charge in [-0.15, -0.1) is 0 Å². The third kappa shape index (κ3) is 3.05. The fraction of sp³-hybridized carbons (Fsp3) is 0.167. The molecule has 0 spiro atoms. The van der Waals surface area contributed by atoms with Gasteiger partial charge in [0.25, 0.3) is 0 Å². The molecule has 2 aromatic rings. The number of ether oxygens (including phenoxy) is 1. The van der Waals surface area contributed by atoms with E-state index in [1.807, 2.05) is 46.9 Å². The highest BCUT2D eigenvalue weighted by Crippen LogP contribution is 2.25. The van der Waals surface area contributed by atoms with Gasteiger partial charge in [-0.25, -0.2) is 9.97 Å². The third-order valence-electron chi connectivity index (χ3n) is 2.36. The third-order valence-corrected chi connectivity index (χ3v) is 4.56. The molecule has 3 nitrogen and oxygen atoms in total. The van der Waals surface area contributed by atoms with E-state index >= 15 is 0 Å². The van der Waals surface area contributed by atoms with Crippen LogP contribution in [0.3, 0.4) is 0 Å². The molecule has 0 aliphatic rings. The molecule has 2 rings (SSSR count). The van der Waals surface area contributed by atoms with E-state index in [1.54, 1.807) is 7.11 Å². The quantitative estimate of drug-likeness (QED) is 0.583.